The first-order valence-electron chi connectivity index (χ1n) is 7.94. The molecule has 1 aromatic carbocycles. The maximum atomic E-state index is 11.5. The molecule has 0 aromatic heterocycles. The largest absolute Gasteiger partial charge is 0.469 e. The van der Waals surface area contributed by atoms with Crippen LogP contribution in [0.25, 0.3) is 0 Å². The zero-order valence-electron chi connectivity index (χ0n) is 15.5. The molecule has 136 valence electrons. The lowest BCUT2D eigenvalue weighted by Crippen LogP contribution is -2.31. The molecule has 0 saturated heterocycles. The highest BCUT2D eigenvalue weighted by atomic mass is 35.9. The van der Waals surface area contributed by atoms with Crippen molar-refractivity contribution in [2.45, 2.75) is 65.2 Å². The normalized spacial score (nSPS) is 13.1. The molecule has 0 spiro atoms. The monoisotopic (exact) mass is 393 g/mol. The number of carbonyl (C=O) groups is 1. The minimum Gasteiger partial charge on any atom is -0.469 e. The van der Waals surface area contributed by atoms with Gasteiger partial charge in [-0.3, -0.25) is 4.79 Å². The number of halogens is 2. The standard InChI is InChI=1S/C18H28Cl2O3P/c1-17(2,3)13-10-12(8-9-15(21)23-7)11-14(18(4,5)6)16(13)24(19,20)22/h10-11,22H,8-9H2,1-7H3/q+1. The van der Waals surface area contributed by atoms with E-state index in [1.54, 1.807) is 0 Å². The summed E-state index contributed by atoms with van der Waals surface area (Å²) < 4.78 is 4.73. The number of hydrogen-bond donors (Lipinski definition) is 1. The van der Waals surface area contributed by atoms with Crippen LogP contribution in [0.5, 0.6) is 0 Å². The van der Waals surface area contributed by atoms with Gasteiger partial charge in [-0.2, -0.15) is 0 Å². The third-order valence-corrected chi connectivity index (χ3v) is 5.93. The Kier molecular flexibility index (Phi) is 6.78. The van der Waals surface area contributed by atoms with Crippen molar-refractivity contribution in [3.8, 4) is 0 Å². The van der Waals surface area contributed by atoms with Gasteiger partial charge in [-0.25, -0.2) is 4.89 Å². The zero-order valence-corrected chi connectivity index (χ0v) is 17.9. The van der Waals surface area contributed by atoms with Gasteiger partial charge in [0.2, 0.25) is 0 Å². The van der Waals surface area contributed by atoms with Gasteiger partial charge in [-0.15, -0.1) is 0 Å². The van der Waals surface area contributed by atoms with Crippen LogP contribution in [0.1, 0.15) is 64.7 Å². The van der Waals surface area contributed by atoms with E-state index in [0.717, 1.165) is 16.7 Å². The number of hydrogen-bond acceptors (Lipinski definition) is 3. The van der Waals surface area contributed by atoms with Crippen molar-refractivity contribution in [2.75, 3.05) is 7.11 Å². The third-order valence-electron chi connectivity index (χ3n) is 3.90. The lowest BCUT2D eigenvalue weighted by Gasteiger charge is -2.29. The van der Waals surface area contributed by atoms with E-state index in [2.05, 4.69) is 41.5 Å². The van der Waals surface area contributed by atoms with Crippen molar-refractivity contribution in [1.82, 2.24) is 0 Å². The summed E-state index contributed by atoms with van der Waals surface area (Å²) in [5, 5.41) is 0.646. The van der Waals surface area contributed by atoms with Gasteiger partial charge in [0.15, 0.2) is 5.30 Å². The maximum absolute atomic E-state index is 11.5. The van der Waals surface area contributed by atoms with Gasteiger partial charge in [0.05, 0.1) is 7.11 Å². The molecule has 0 bridgehead atoms. The lowest BCUT2D eigenvalue weighted by atomic mass is 9.79. The molecule has 0 unspecified atom stereocenters. The maximum Gasteiger partial charge on any atom is 0.369 e. The molecule has 0 aliphatic heterocycles. The Morgan fingerprint density at radius 2 is 1.50 bits per heavy atom. The van der Waals surface area contributed by atoms with Crippen LogP contribution in [0.15, 0.2) is 12.1 Å². The summed E-state index contributed by atoms with van der Waals surface area (Å²) >= 11 is 12.5. The Hall–Kier alpha value is -0.340. The SMILES string of the molecule is COC(=O)CCc1cc(C(C)(C)C)c([P+](O)(Cl)Cl)c(C(C)(C)C)c1. The van der Waals surface area contributed by atoms with Crippen LogP contribution in [0.3, 0.4) is 0 Å². The molecule has 3 nitrogen and oxygen atoms in total. The third kappa shape index (κ3) is 5.59. The number of aryl methyl sites for hydroxylation is 1. The van der Waals surface area contributed by atoms with Gasteiger partial charge in [-0.1, -0.05) is 53.7 Å². The van der Waals surface area contributed by atoms with E-state index in [9.17, 15) is 9.69 Å². The summed E-state index contributed by atoms with van der Waals surface area (Å²) in [5.41, 5.74) is 2.38. The summed E-state index contributed by atoms with van der Waals surface area (Å²) in [6.45, 7) is 12.4. The quantitative estimate of drug-likeness (QED) is 0.561. The van der Waals surface area contributed by atoms with Crippen LogP contribution < -0.4 is 5.30 Å². The van der Waals surface area contributed by atoms with E-state index in [-0.39, 0.29) is 16.8 Å². The highest BCUT2D eigenvalue weighted by molar-refractivity contribution is 8.18. The second-order valence-electron chi connectivity index (χ2n) is 8.10. The van der Waals surface area contributed by atoms with E-state index in [4.69, 9.17) is 27.2 Å². The highest BCUT2D eigenvalue weighted by Crippen LogP contribution is 2.66. The molecule has 0 fully saturated rings. The van der Waals surface area contributed by atoms with Gasteiger partial charge in [-0.05, 0) is 22.8 Å². The minimum atomic E-state index is -3.25. The molecule has 6 heteroatoms. The molecule has 0 heterocycles. The number of rotatable bonds is 4. The van der Waals surface area contributed by atoms with Crippen LogP contribution >= 0.6 is 28.7 Å². The zero-order chi connectivity index (χ0) is 18.9. The van der Waals surface area contributed by atoms with Crippen molar-refractivity contribution in [1.29, 1.82) is 0 Å². The van der Waals surface area contributed by atoms with Gasteiger partial charge in [0, 0.05) is 17.5 Å². The Morgan fingerprint density at radius 3 is 1.79 bits per heavy atom. The van der Waals surface area contributed by atoms with Crippen LogP contribution in [0.4, 0.5) is 0 Å². The predicted molar refractivity (Wildman–Crippen MR) is 105 cm³/mol. The van der Waals surface area contributed by atoms with Crippen LogP contribution in [-0.4, -0.2) is 18.0 Å². The molecule has 0 aliphatic rings. The molecule has 1 aromatic rings. The van der Waals surface area contributed by atoms with Crippen LogP contribution in [0.2, 0.25) is 0 Å². The summed E-state index contributed by atoms with van der Waals surface area (Å²) in [5.74, 6) is -0.243. The highest BCUT2D eigenvalue weighted by Gasteiger charge is 2.45. The molecule has 0 saturated carbocycles. The summed E-state index contributed by atoms with van der Waals surface area (Å²) in [4.78, 5) is 22.0. The molecular formula is C18H28Cl2O3P+. The fourth-order valence-electron chi connectivity index (χ4n) is 2.62. The summed E-state index contributed by atoms with van der Waals surface area (Å²) in [6, 6.07) is 4.01. The van der Waals surface area contributed by atoms with Gasteiger partial charge in [0.25, 0.3) is 0 Å². The first-order valence-corrected chi connectivity index (χ1v) is 11.5. The Labute approximate surface area is 155 Å². The second-order valence-corrected chi connectivity index (χ2v) is 13.0. The molecule has 0 amide bonds. The Bertz CT molecular complexity index is 573. The van der Waals surface area contributed by atoms with E-state index in [0.29, 0.717) is 18.1 Å². The van der Waals surface area contributed by atoms with Crippen molar-refractivity contribution >= 4 is 40.0 Å². The van der Waals surface area contributed by atoms with Crippen molar-refractivity contribution in [2.24, 2.45) is 0 Å². The second kappa shape index (κ2) is 7.50. The Morgan fingerprint density at radius 1 is 1.08 bits per heavy atom. The number of ether oxygens (including phenoxy) is 1. The summed E-state index contributed by atoms with van der Waals surface area (Å²) in [7, 11) is 1.39. The number of methoxy groups -OCH3 is 1. The first-order chi connectivity index (χ1) is 10.7. The topological polar surface area (TPSA) is 46.5 Å². The fraction of sp³-hybridized carbons (Fsp3) is 0.611. The Balaban J connectivity index is 3.61. The molecule has 1 N–H and O–H groups in total. The number of carbonyl (C=O) groups excluding carboxylic acids is 1. The van der Waals surface area contributed by atoms with Gasteiger partial charge in [0.1, 0.15) is 22.5 Å². The average Bonchev–Trinajstić information content (AvgIpc) is 2.40. The number of esters is 1. The fourth-order valence-corrected chi connectivity index (χ4v) is 5.09. The first kappa shape index (κ1) is 21.7. The van der Waals surface area contributed by atoms with E-state index >= 15 is 0 Å². The number of benzene rings is 1. The molecule has 0 radical (unpaired) electrons. The molecule has 1 rings (SSSR count). The smallest absolute Gasteiger partial charge is 0.369 e. The van der Waals surface area contributed by atoms with Gasteiger partial charge >= 0.3 is 12.2 Å². The van der Waals surface area contributed by atoms with E-state index in [1.807, 2.05) is 12.1 Å². The molecular weight excluding hydrogens is 366 g/mol. The summed E-state index contributed by atoms with van der Waals surface area (Å²) in [6.07, 6.45) is -2.37. The predicted octanol–water partition coefficient (Wildman–Crippen LogP) is 5.25. The molecule has 0 atom stereocenters. The molecule has 24 heavy (non-hydrogen) atoms. The average molecular weight is 394 g/mol. The van der Waals surface area contributed by atoms with Crippen molar-refractivity contribution < 1.29 is 14.4 Å². The van der Waals surface area contributed by atoms with Crippen molar-refractivity contribution in [3.05, 3.63) is 28.8 Å². The van der Waals surface area contributed by atoms with Crippen LogP contribution in [0, 0.1) is 0 Å². The van der Waals surface area contributed by atoms with Crippen LogP contribution in [-0.2, 0) is 26.8 Å². The van der Waals surface area contributed by atoms with Crippen molar-refractivity contribution in [3.63, 3.8) is 0 Å². The van der Waals surface area contributed by atoms with E-state index < -0.39 is 6.19 Å². The lowest BCUT2D eigenvalue weighted by molar-refractivity contribution is -0.140. The minimum absolute atomic E-state index is 0.242. The molecule has 0 aliphatic carbocycles. The van der Waals surface area contributed by atoms with E-state index in [1.165, 1.54) is 7.11 Å². The van der Waals surface area contributed by atoms with Gasteiger partial charge < -0.3 is 4.74 Å².